The molecule has 3 nitrogen and oxygen atoms in total. The third kappa shape index (κ3) is 4.43. The Morgan fingerprint density at radius 3 is 2.14 bits per heavy atom. The highest BCUT2D eigenvalue weighted by atomic mass is 16.4. The fourth-order valence-electron chi connectivity index (χ4n) is 2.39. The van der Waals surface area contributed by atoms with Crippen LogP contribution in [0.3, 0.4) is 0 Å². The minimum Gasteiger partial charge on any atom is -0.423 e. The van der Waals surface area contributed by atoms with Gasteiger partial charge in [0, 0.05) is 19.1 Å². The molecule has 0 fully saturated rings. The lowest BCUT2D eigenvalue weighted by Gasteiger charge is -2.27. The van der Waals surface area contributed by atoms with Crippen LogP contribution in [-0.2, 0) is 13.1 Å². The first-order chi connectivity index (χ1) is 10.1. The van der Waals surface area contributed by atoms with Crippen molar-refractivity contribution in [1.82, 2.24) is 4.90 Å². The highest BCUT2D eigenvalue weighted by Crippen LogP contribution is 2.12. The summed E-state index contributed by atoms with van der Waals surface area (Å²) in [5.41, 5.74) is 2.79. The van der Waals surface area contributed by atoms with E-state index in [2.05, 4.69) is 30.9 Å². The molecule has 0 atom stereocenters. The maximum Gasteiger partial charge on any atom is 0.488 e. The quantitative estimate of drug-likeness (QED) is 0.794. The topological polar surface area (TPSA) is 43.7 Å². The summed E-state index contributed by atoms with van der Waals surface area (Å²) in [6.45, 7) is 5.84. The molecular formula is C17H22BNO2. The predicted octanol–water partition coefficient (Wildman–Crippen LogP) is 1.78. The summed E-state index contributed by atoms with van der Waals surface area (Å²) in [6.07, 6.45) is 0. The van der Waals surface area contributed by atoms with Gasteiger partial charge in [-0.25, -0.2) is 0 Å². The average molecular weight is 283 g/mol. The van der Waals surface area contributed by atoms with Gasteiger partial charge in [-0.3, -0.25) is 4.90 Å². The molecule has 0 aliphatic heterocycles. The van der Waals surface area contributed by atoms with Crippen molar-refractivity contribution in [1.29, 1.82) is 0 Å². The predicted molar refractivity (Wildman–Crippen MR) is 87.1 cm³/mol. The number of rotatable bonds is 6. The number of hydrogen-bond donors (Lipinski definition) is 2. The highest BCUT2D eigenvalue weighted by Gasteiger charge is 2.18. The van der Waals surface area contributed by atoms with Crippen LogP contribution in [0, 0.1) is 0 Å². The summed E-state index contributed by atoms with van der Waals surface area (Å²) < 4.78 is 0. The van der Waals surface area contributed by atoms with Crippen LogP contribution in [-0.4, -0.2) is 28.1 Å². The minimum atomic E-state index is -1.42. The minimum absolute atomic E-state index is 0.370. The smallest absolute Gasteiger partial charge is 0.423 e. The van der Waals surface area contributed by atoms with Crippen LogP contribution in [0.1, 0.15) is 25.0 Å². The first-order valence-corrected chi connectivity index (χ1v) is 7.30. The van der Waals surface area contributed by atoms with E-state index in [1.165, 1.54) is 5.56 Å². The third-order valence-corrected chi connectivity index (χ3v) is 3.67. The molecule has 0 aliphatic rings. The fourth-order valence-corrected chi connectivity index (χ4v) is 2.39. The van der Waals surface area contributed by atoms with Crippen molar-refractivity contribution in [2.24, 2.45) is 0 Å². The Labute approximate surface area is 127 Å². The first kappa shape index (κ1) is 15.8. The van der Waals surface area contributed by atoms with Crippen LogP contribution in [0.15, 0.2) is 54.6 Å². The van der Waals surface area contributed by atoms with E-state index < -0.39 is 7.12 Å². The Balaban J connectivity index is 2.17. The zero-order valence-electron chi connectivity index (χ0n) is 12.6. The molecule has 0 heterocycles. The molecule has 110 valence electrons. The van der Waals surface area contributed by atoms with Crippen LogP contribution in [0.2, 0.25) is 0 Å². The van der Waals surface area contributed by atoms with Crippen molar-refractivity contribution < 1.29 is 10.0 Å². The molecule has 21 heavy (non-hydrogen) atoms. The van der Waals surface area contributed by atoms with E-state index in [4.69, 9.17) is 0 Å². The van der Waals surface area contributed by atoms with E-state index in [1.54, 1.807) is 6.07 Å². The van der Waals surface area contributed by atoms with Gasteiger partial charge in [0.2, 0.25) is 0 Å². The lowest BCUT2D eigenvalue weighted by atomic mass is 9.77. The summed E-state index contributed by atoms with van der Waals surface area (Å²) in [6, 6.07) is 18.2. The molecule has 0 saturated heterocycles. The van der Waals surface area contributed by atoms with Gasteiger partial charge in [-0.1, -0.05) is 54.6 Å². The molecule has 0 unspecified atom stereocenters. The second-order valence-electron chi connectivity index (χ2n) is 5.56. The Hall–Kier alpha value is -1.62. The molecule has 2 rings (SSSR count). The summed E-state index contributed by atoms with van der Waals surface area (Å²) in [7, 11) is -1.42. The van der Waals surface area contributed by atoms with Crippen LogP contribution in [0.5, 0.6) is 0 Å². The molecule has 2 N–H and O–H groups in total. The Bertz CT molecular complexity index is 558. The Morgan fingerprint density at radius 2 is 1.52 bits per heavy atom. The molecule has 4 heteroatoms. The van der Waals surface area contributed by atoms with E-state index in [0.717, 1.165) is 12.1 Å². The monoisotopic (exact) mass is 283 g/mol. The number of nitrogens with zero attached hydrogens (tertiary/aromatic N) is 1. The van der Waals surface area contributed by atoms with Crippen molar-refractivity contribution >= 4 is 12.6 Å². The molecule has 0 spiro atoms. The number of hydrogen-bond acceptors (Lipinski definition) is 3. The second-order valence-corrected chi connectivity index (χ2v) is 5.56. The van der Waals surface area contributed by atoms with Gasteiger partial charge in [-0.15, -0.1) is 0 Å². The van der Waals surface area contributed by atoms with Crippen LogP contribution in [0.4, 0.5) is 0 Å². The van der Waals surface area contributed by atoms with Gasteiger partial charge in [-0.2, -0.15) is 0 Å². The maximum absolute atomic E-state index is 9.48. The highest BCUT2D eigenvalue weighted by molar-refractivity contribution is 6.59. The van der Waals surface area contributed by atoms with Gasteiger partial charge in [0.15, 0.2) is 0 Å². The van der Waals surface area contributed by atoms with Crippen molar-refractivity contribution in [3.63, 3.8) is 0 Å². The normalized spacial score (nSPS) is 11.1. The molecule has 0 radical (unpaired) electrons. The molecule has 0 aliphatic carbocycles. The molecule has 0 bridgehead atoms. The molecule has 0 aromatic heterocycles. The third-order valence-electron chi connectivity index (χ3n) is 3.67. The van der Waals surface area contributed by atoms with Crippen molar-refractivity contribution in [3.8, 4) is 0 Å². The molecule has 2 aromatic rings. The first-order valence-electron chi connectivity index (χ1n) is 7.30. The second kappa shape index (κ2) is 7.41. The van der Waals surface area contributed by atoms with Gasteiger partial charge in [0.25, 0.3) is 0 Å². The summed E-state index contributed by atoms with van der Waals surface area (Å²) in [5.74, 6) is 0. The molecule has 2 aromatic carbocycles. The molecular weight excluding hydrogens is 261 g/mol. The number of benzene rings is 2. The van der Waals surface area contributed by atoms with Crippen molar-refractivity contribution in [3.05, 3.63) is 65.7 Å². The van der Waals surface area contributed by atoms with Crippen LogP contribution >= 0.6 is 0 Å². The lowest BCUT2D eigenvalue weighted by Crippen LogP contribution is -2.37. The largest absolute Gasteiger partial charge is 0.488 e. The Morgan fingerprint density at radius 1 is 0.905 bits per heavy atom. The van der Waals surface area contributed by atoms with Gasteiger partial charge >= 0.3 is 7.12 Å². The van der Waals surface area contributed by atoms with Gasteiger partial charge in [0.1, 0.15) is 0 Å². The molecule has 0 saturated carbocycles. The Kier molecular flexibility index (Phi) is 5.56. The van der Waals surface area contributed by atoms with Gasteiger partial charge in [0.05, 0.1) is 0 Å². The van der Waals surface area contributed by atoms with E-state index in [-0.39, 0.29) is 0 Å². The summed E-state index contributed by atoms with van der Waals surface area (Å²) >= 11 is 0. The van der Waals surface area contributed by atoms with E-state index in [9.17, 15) is 10.0 Å². The van der Waals surface area contributed by atoms with E-state index >= 15 is 0 Å². The zero-order chi connectivity index (χ0) is 15.2. The lowest BCUT2D eigenvalue weighted by molar-refractivity contribution is 0.204. The van der Waals surface area contributed by atoms with E-state index in [0.29, 0.717) is 18.0 Å². The van der Waals surface area contributed by atoms with Crippen LogP contribution in [0.25, 0.3) is 0 Å². The summed E-state index contributed by atoms with van der Waals surface area (Å²) in [5, 5.41) is 19.0. The maximum atomic E-state index is 9.48. The average Bonchev–Trinajstić information content (AvgIpc) is 2.48. The SMILES string of the molecule is CC(C)N(Cc1ccccc1)Cc1ccccc1B(O)O. The van der Waals surface area contributed by atoms with Gasteiger partial charge in [-0.05, 0) is 30.4 Å². The van der Waals surface area contributed by atoms with Crippen molar-refractivity contribution in [2.45, 2.75) is 33.0 Å². The fraction of sp³-hybridized carbons (Fsp3) is 0.294. The summed E-state index contributed by atoms with van der Waals surface area (Å²) in [4.78, 5) is 2.32. The van der Waals surface area contributed by atoms with E-state index in [1.807, 2.05) is 36.4 Å². The van der Waals surface area contributed by atoms with Gasteiger partial charge < -0.3 is 10.0 Å². The van der Waals surface area contributed by atoms with Crippen LogP contribution < -0.4 is 5.46 Å². The molecule has 0 amide bonds. The standard InChI is InChI=1S/C17H22BNO2/c1-14(2)19(12-15-8-4-3-5-9-15)13-16-10-6-7-11-17(16)18(20)21/h3-11,14,20-21H,12-13H2,1-2H3. The zero-order valence-corrected chi connectivity index (χ0v) is 12.6. The van der Waals surface area contributed by atoms with Crippen molar-refractivity contribution in [2.75, 3.05) is 0 Å².